The van der Waals surface area contributed by atoms with Crippen LogP contribution in [0, 0.1) is 5.92 Å². The summed E-state index contributed by atoms with van der Waals surface area (Å²) in [6.45, 7) is 4.21. The van der Waals surface area contributed by atoms with E-state index in [4.69, 9.17) is 9.47 Å². The summed E-state index contributed by atoms with van der Waals surface area (Å²) in [5.74, 6) is -0.961. The van der Waals surface area contributed by atoms with Crippen molar-refractivity contribution in [1.29, 1.82) is 0 Å². The van der Waals surface area contributed by atoms with Gasteiger partial charge in [0.15, 0.2) is 0 Å². The SMILES string of the molecule is CCOC(=O)[C@@H]1C[C@H](C(=O)OCC)[C@@H](c2ccccc2)N1. The number of esters is 2. The molecule has 0 amide bonds. The van der Waals surface area contributed by atoms with E-state index in [0.717, 1.165) is 5.56 Å². The third-order valence-electron chi connectivity index (χ3n) is 3.59. The molecule has 1 aromatic rings. The Morgan fingerprint density at radius 1 is 1.10 bits per heavy atom. The monoisotopic (exact) mass is 291 g/mol. The van der Waals surface area contributed by atoms with Crippen molar-refractivity contribution >= 4 is 11.9 Å². The summed E-state index contributed by atoms with van der Waals surface area (Å²) in [6, 6.07) is 8.94. The third-order valence-corrected chi connectivity index (χ3v) is 3.59. The number of hydrogen-bond acceptors (Lipinski definition) is 5. The Labute approximate surface area is 124 Å². The van der Waals surface area contributed by atoms with Gasteiger partial charge in [0.2, 0.25) is 0 Å². The van der Waals surface area contributed by atoms with Crippen molar-refractivity contribution in [2.75, 3.05) is 13.2 Å². The Morgan fingerprint density at radius 3 is 2.33 bits per heavy atom. The maximum absolute atomic E-state index is 12.1. The van der Waals surface area contributed by atoms with Gasteiger partial charge in [-0.1, -0.05) is 30.3 Å². The van der Waals surface area contributed by atoms with Gasteiger partial charge in [0.1, 0.15) is 6.04 Å². The largest absolute Gasteiger partial charge is 0.466 e. The summed E-state index contributed by atoms with van der Waals surface area (Å²) < 4.78 is 10.2. The van der Waals surface area contributed by atoms with Gasteiger partial charge >= 0.3 is 11.9 Å². The van der Waals surface area contributed by atoms with Crippen LogP contribution in [-0.4, -0.2) is 31.2 Å². The molecule has 1 heterocycles. The van der Waals surface area contributed by atoms with Crippen LogP contribution < -0.4 is 5.32 Å². The van der Waals surface area contributed by atoms with E-state index >= 15 is 0 Å². The lowest BCUT2D eigenvalue weighted by Gasteiger charge is -2.18. The normalized spacial score (nSPS) is 24.6. The van der Waals surface area contributed by atoms with E-state index in [1.807, 2.05) is 30.3 Å². The van der Waals surface area contributed by atoms with Gasteiger partial charge in [0.05, 0.1) is 19.1 Å². The van der Waals surface area contributed by atoms with Gasteiger partial charge in [0, 0.05) is 6.04 Å². The maximum atomic E-state index is 12.1. The van der Waals surface area contributed by atoms with Crippen molar-refractivity contribution in [2.24, 2.45) is 5.92 Å². The first-order valence-corrected chi connectivity index (χ1v) is 7.31. The molecule has 1 N–H and O–H groups in total. The molecule has 0 aromatic heterocycles. The molecule has 1 saturated heterocycles. The molecule has 0 unspecified atom stereocenters. The molecule has 5 heteroatoms. The summed E-state index contributed by atoms with van der Waals surface area (Å²) in [4.78, 5) is 24.1. The molecular weight excluding hydrogens is 270 g/mol. The zero-order valence-electron chi connectivity index (χ0n) is 12.4. The molecule has 114 valence electrons. The highest BCUT2D eigenvalue weighted by molar-refractivity contribution is 5.80. The fraction of sp³-hybridized carbons (Fsp3) is 0.500. The Balaban J connectivity index is 2.18. The Hall–Kier alpha value is -1.88. The van der Waals surface area contributed by atoms with E-state index in [0.29, 0.717) is 19.6 Å². The second-order valence-corrected chi connectivity index (χ2v) is 4.95. The van der Waals surface area contributed by atoms with Crippen LogP contribution in [-0.2, 0) is 19.1 Å². The average Bonchev–Trinajstić information content (AvgIpc) is 2.94. The van der Waals surface area contributed by atoms with Crippen molar-refractivity contribution in [3.63, 3.8) is 0 Å². The van der Waals surface area contributed by atoms with Crippen molar-refractivity contribution in [3.8, 4) is 0 Å². The number of rotatable bonds is 5. The Morgan fingerprint density at radius 2 is 1.71 bits per heavy atom. The molecule has 0 aliphatic carbocycles. The molecule has 3 atom stereocenters. The highest BCUT2D eigenvalue weighted by atomic mass is 16.5. The van der Waals surface area contributed by atoms with Crippen molar-refractivity contribution < 1.29 is 19.1 Å². The van der Waals surface area contributed by atoms with Crippen LogP contribution in [0.1, 0.15) is 31.9 Å². The minimum atomic E-state index is -0.468. The fourth-order valence-electron chi connectivity index (χ4n) is 2.67. The number of benzene rings is 1. The van der Waals surface area contributed by atoms with Crippen LogP contribution in [0.4, 0.5) is 0 Å². The first-order valence-electron chi connectivity index (χ1n) is 7.31. The lowest BCUT2D eigenvalue weighted by Crippen LogP contribution is -2.33. The molecule has 1 aliphatic rings. The van der Waals surface area contributed by atoms with E-state index in [2.05, 4.69) is 5.32 Å². The summed E-state index contributed by atoms with van der Waals surface area (Å²) in [5, 5.41) is 3.21. The molecule has 1 aromatic carbocycles. The van der Waals surface area contributed by atoms with Gasteiger partial charge in [0.25, 0.3) is 0 Å². The molecule has 0 saturated carbocycles. The summed E-state index contributed by atoms with van der Waals surface area (Å²) in [7, 11) is 0. The summed E-state index contributed by atoms with van der Waals surface area (Å²) in [6.07, 6.45) is 0.400. The molecule has 0 bridgehead atoms. The van der Waals surface area contributed by atoms with Gasteiger partial charge in [-0.25, -0.2) is 0 Å². The smallest absolute Gasteiger partial charge is 0.323 e. The highest BCUT2D eigenvalue weighted by Crippen LogP contribution is 2.34. The number of nitrogens with one attached hydrogen (secondary N) is 1. The molecule has 0 spiro atoms. The second-order valence-electron chi connectivity index (χ2n) is 4.95. The third kappa shape index (κ3) is 3.61. The molecule has 0 radical (unpaired) electrons. The topological polar surface area (TPSA) is 64.6 Å². The zero-order valence-corrected chi connectivity index (χ0v) is 12.4. The zero-order chi connectivity index (χ0) is 15.2. The highest BCUT2D eigenvalue weighted by Gasteiger charge is 2.43. The average molecular weight is 291 g/mol. The molecule has 5 nitrogen and oxygen atoms in total. The lowest BCUT2D eigenvalue weighted by atomic mass is 9.93. The number of carbonyl (C=O) groups is 2. The molecule has 2 rings (SSSR count). The van der Waals surface area contributed by atoms with Crippen LogP contribution in [0.25, 0.3) is 0 Å². The van der Waals surface area contributed by atoms with Crippen molar-refractivity contribution in [1.82, 2.24) is 5.32 Å². The predicted molar refractivity (Wildman–Crippen MR) is 77.5 cm³/mol. The van der Waals surface area contributed by atoms with Gasteiger partial charge in [-0.15, -0.1) is 0 Å². The Bertz CT molecular complexity index is 488. The standard InChI is InChI=1S/C16H21NO4/c1-3-20-15(18)12-10-13(16(19)21-4-2)17-14(12)11-8-6-5-7-9-11/h5-9,12-14,17H,3-4,10H2,1-2H3/t12-,13-,14+/m0/s1. The first-order chi connectivity index (χ1) is 10.2. The molecular formula is C16H21NO4. The number of hydrogen-bond donors (Lipinski definition) is 1. The van der Waals surface area contributed by atoms with E-state index in [9.17, 15) is 9.59 Å². The fourth-order valence-corrected chi connectivity index (χ4v) is 2.67. The van der Waals surface area contributed by atoms with Crippen LogP contribution in [0.2, 0.25) is 0 Å². The maximum Gasteiger partial charge on any atom is 0.323 e. The summed E-state index contributed by atoms with van der Waals surface area (Å²) >= 11 is 0. The van der Waals surface area contributed by atoms with Gasteiger partial charge < -0.3 is 9.47 Å². The number of carbonyl (C=O) groups excluding carboxylic acids is 2. The predicted octanol–water partition coefficient (Wildman–Crippen LogP) is 1.83. The van der Waals surface area contributed by atoms with Crippen molar-refractivity contribution in [3.05, 3.63) is 35.9 Å². The molecule has 1 fully saturated rings. The van der Waals surface area contributed by atoms with Gasteiger partial charge in [-0.3, -0.25) is 14.9 Å². The van der Waals surface area contributed by atoms with E-state index < -0.39 is 6.04 Å². The van der Waals surface area contributed by atoms with Crippen LogP contribution in [0.3, 0.4) is 0 Å². The van der Waals surface area contributed by atoms with Crippen LogP contribution in [0.15, 0.2) is 30.3 Å². The van der Waals surface area contributed by atoms with Gasteiger partial charge in [-0.05, 0) is 25.8 Å². The number of ether oxygens (including phenoxy) is 2. The van der Waals surface area contributed by atoms with E-state index in [1.165, 1.54) is 0 Å². The Kier molecular flexibility index (Phi) is 5.33. The first kappa shape index (κ1) is 15.5. The minimum Gasteiger partial charge on any atom is -0.466 e. The molecule has 21 heavy (non-hydrogen) atoms. The quantitative estimate of drug-likeness (QED) is 0.839. The minimum absolute atomic E-state index is 0.223. The lowest BCUT2D eigenvalue weighted by molar-refractivity contribution is -0.148. The van der Waals surface area contributed by atoms with Gasteiger partial charge in [-0.2, -0.15) is 0 Å². The van der Waals surface area contributed by atoms with Crippen molar-refractivity contribution in [2.45, 2.75) is 32.4 Å². The van der Waals surface area contributed by atoms with E-state index in [1.54, 1.807) is 13.8 Å². The van der Waals surface area contributed by atoms with Crippen LogP contribution in [0.5, 0.6) is 0 Å². The van der Waals surface area contributed by atoms with Crippen LogP contribution >= 0.6 is 0 Å². The second kappa shape index (κ2) is 7.22. The molecule has 1 aliphatic heterocycles. The summed E-state index contributed by atoms with van der Waals surface area (Å²) in [5.41, 5.74) is 0.974. The van der Waals surface area contributed by atoms with E-state index in [-0.39, 0.29) is 23.9 Å².